The molecule has 1 heterocycles. The lowest BCUT2D eigenvalue weighted by Crippen LogP contribution is -2.27. The lowest BCUT2D eigenvalue weighted by Gasteiger charge is -2.18. The molecule has 94 valence electrons. The second-order valence-electron chi connectivity index (χ2n) is 3.50. The van der Waals surface area contributed by atoms with Gasteiger partial charge in [0.2, 0.25) is 0 Å². The minimum atomic E-state index is -0.420. The maximum atomic E-state index is 11.4. The van der Waals surface area contributed by atoms with Gasteiger partial charge in [-0.15, -0.1) is 6.58 Å². The van der Waals surface area contributed by atoms with Crippen molar-refractivity contribution in [2.24, 2.45) is 0 Å². The molecule has 1 aromatic heterocycles. The number of nitrogens with zero attached hydrogens (tertiary/aromatic N) is 1. The quantitative estimate of drug-likeness (QED) is 0.569. The molecule has 0 fully saturated rings. The van der Waals surface area contributed by atoms with Crippen LogP contribution in [0, 0.1) is 0 Å². The van der Waals surface area contributed by atoms with Crippen molar-refractivity contribution >= 4 is 5.97 Å². The van der Waals surface area contributed by atoms with E-state index >= 15 is 0 Å². The third-order valence-corrected chi connectivity index (χ3v) is 2.32. The first-order valence-electron chi connectivity index (χ1n) is 5.31. The van der Waals surface area contributed by atoms with E-state index in [-0.39, 0.29) is 6.61 Å². The zero-order valence-corrected chi connectivity index (χ0v) is 9.89. The zero-order chi connectivity index (χ0) is 12.7. The van der Waals surface area contributed by atoms with E-state index in [1.54, 1.807) is 12.1 Å². The predicted molar refractivity (Wildman–Crippen MR) is 62.6 cm³/mol. The maximum Gasteiger partial charge on any atom is 0.341 e. The van der Waals surface area contributed by atoms with Crippen LogP contribution in [0.2, 0.25) is 0 Å². The van der Waals surface area contributed by atoms with Crippen LogP contribution in [0.15, 0.2) is 29.4 Å². The molecule has 0 bridgehead atoms. The largest absolute Gasteiger partial charge is 0.467 e. The summed E-state index contributed by atoms with van der Waals surface area (Å²) in [5.41, 5.74) is 0.416. The van der Waals surface area contributed by atoms with Gasteiger partial charge >= 0.3 is 5.97 Å². The number of carbonyl (C=O) groups excluding carboxylic acids is 1. The summed E-state index contributed by atoms with van der Waals surface area (Å²) in [4.78, 5) is 13.3. The number of aliphatic hydroxyl groups is 1. The smallest absolute Gasteiger partial charge is 0.341 e. The summed E-state index contributed by atoms with van der Waals surface area (Å²) in [6.07, 6.45) is 3.18. The van der Waals surface area contributed by atoms with Crippen molar-refractivity contribution in [2.45, 2.75) is 6.54 Å². The average Bonchev–Trinajstić information content (AvgIpc) is 2.77. The Morgan fingerprint density at radius 2 is 2.47 bits per heavy atom. The number of hydrogen-bond donors (Lipinski definition) is 1. The molecule has 0 unspecified atom stereocenters. The van der Waals surface area contributed by atoms with Gasteiger partial charge in [0.15, 0.2) is 0 Å². The van der Waals surface area contributed by atoms with Gasteiger partial charge in [-0.05, 0) is 6.07 Å². The van der Waals surface area contributed by atoms with Crippen LogP contribution >= 0.6 is 0 Å². The van der Waals surface area contributed by atoms with Crippen molar-refractivity contribution in [3.05, 3.63) is 36.3 Å². The minimum absolute atomic E-state index is 0.0438. The molecule has 5 heteroatoms. The summed E-state index contributed by atoms with van der Waals surface area (Å²) in [6.45, 7) is 5.22. The molecular formula is C12H17NO4. The highest BCUT2D eigenvalue weighted by atomic mass is 16.5. The van der Waals surface area contributed by atoms with Crippen LogP contribution in [0.3, 0.4) is 0 Å². The van der Waals surface area contributed by atoms with Gasteiger partial charge in [0, 0.05) is 13.1 Å². The SMILES string of the molecule is C=CCN(CCO)Cc1occc1C(=O)OC. The molecule has 0 aliphatic rings. The standard InChI is InChI=1S/C12H17NO4/c1-3-5-13(6-7-14)9-11-10(4-8-17-11)12(15)16-2/h3-4,8,14H,1,5-7,9H2,2H3. The molecule has 0 amide bonds. The van der Waals surface area contributed by atoms with E-state index in [0.29, 0.717) is 31.0 Å². The van der Waals surface area contributed by atoms with Gasteiger partial charge in [0.25, 0.3) is 0 Å². The van der Waals surface area contributed by atoms with Crippen molar-refractivity contribution in [3.63, 3.8) is 0 Å². The van der Waals surface area contributed by atoms with Crippen LogP contribution in [-0.4, -0.2) is 42.8 Å². The predicted octanol–water partition coefficient (Wildman–Crippen LogP) is 1.05. The molecule has 1 rings (SSSR count). The van der Waals surface area contributed by atoms with Crippen LogP contribution in [0.1, 0.15) is 16.1 Å². The van der Waals surface area contributed by atoms with Crippen molar-refractivity contribution in [3.8, 4) is 0 Å². The molecule has 1 aromatic rings. The Morgan fingerprint density at radius 3 is 3.06 bits per heavy atom. The Balaban J connectivity index is 2.74. The molecule has 5 nitrogen and oxygen atoms in total. The van der Waals surface area contributed by atoms with Crippen LogP contribution < -0.4 is 0 Å². The number of hydrogen-bond acceptors (Lipinski definition) is 5. The van der Waals surface area contributed by atoms with E-state index in [1.165, 1.54) is 13.4 Å². The normalized spacial score (nSPS) is 10.5. The van der Waals surface area contributed by atoms with Crippen LogP contribution in [0.25, 0.3) is 0 Å². The van der Waals surface area contributed by atoms with Gasteiger partial charge < -0.3 is 14.3 Å². The van der Waals surface area contributed by atoms with Crippen LogP contribution in [-0.2, 0) is 11.3 Å². The molecule has 0 atom stereocenters. The molecule has 17 heavy (non-hydrogen) atoms. The molecule has 0 saturated heterocycles. The summed E-state index contributed by atoms with van der Waals surface area (Å²) < 4.78 is 9.90. The fraction of sp³-hybridized carbons (Fsp3) is 0.417. The van der Waals surface area contributed by atoms with E-state index in [9.17, 15) is 4.79 Å². The van der Waals surface area contributed by atoms with Crippen molar-refractivity contribution in [2.75, 3.05) is 26.8 Å². The third kappa shape index (κ3) is 3.72. The van der Waals surface area contributed by atoms with Crippen LogP contribution in [0.4, 0.5) is 0 Å². The van der Waals surface area contributed by atoms with E-state index < -0.39 is 5.97 Å². The molecule has 1 N–H and O–H groups in total. The topological polar surface area (TPSA) is 62.9 Å². The van der Waals surface area contributed by atoms with E-state index in [2.05, 4.69) is 11.3 Å². The number of rotatable bonds is 7. The number of aliphatic hydroxyl groups excluding tert-OH is 1. The summed E-state index contributed by atoms with van der Waals surface area (Å²) in [5.74, 6) is 0.114. The Morgan fingerprint density at radius 1 is 1.71 bits per heavy atom. The Bertz CT molecular complexity index is 372. The van der Waals surface area contributed by atoms with Gasteiger partial charge in [-0.1, -0.05) is 6.08 Å². The monoisotopic (exact) mass is 239 g/mol. The first-order chi connectivity index (χ1) is 8.22. The fourth-order valence-electron chi connectivity index (χ4n) is 1.52. The van der Waals surface area contributed by atoms with Gasteiger partial charge in [-0.3, -0.25) is 4.90 Å². The minimum Gasteiger partial charge on any atom is -0.467 e. The first kappa shape index (κ1) is 13.5. The highest BCUT2D eigenvalue weighted by Gasteiger charge is 2.17. The number of esters is 1. The summed E-state index contributed by atoms with van der Waals surface area (Å²) in [7, 11) is 1.33. The van der Waals surface area contributed by atoms with E-state index in [0.717, 1.165) is 0 Å². The van der Waals surface area contributed by atoms with Gasteiger partial charge in [-0.25, -0.2) is 4.79 Å². The Kier molecular flexibility index (Phi) is 5.45. The number of carbonyl (C=O) groups is 1. The number of furan rings is 1. The molecular weight excluding hydrogens is 222 g/mol. The lowest BCUT2D eigenvalue weighted by molar-refractivity contribution is 0.0596. The highest BCUT2D eigenvalue weighted by Crippen LogP contribution is 2.14. The lowest BCUT2D eigenvalue weighted by atomic mass is 10.2. The van der Waals surface area contributed by atoms with Crippen molar-refractivity contribution in [1.29, 1.82) is 0 Å². The van der Waals surface area contributed by atoms with Crippen molar-refractivity contribution in [1.82, 2.24) is 4.90 Å². The molecule has 0 spiro atoms. The third-order valence-electron chi connectivity index (χ3n) is 2.32. The Labute approximate surface area is 100 Å². The maximum absolute atomic E-state index is 11.4. The summed E-state index contributed by atoms with van der Waals surface area (Å²) >= 11 is 0. The highest BCUT2D eigenvalue weighted by molar-refractivity contribution is 5.90. The van der Waals surface area contributed by atoms with Gasteiger partial charge in [0.1, 0.15) is 11.3 Å². The molecule has 0 aliphatic heterocycles. The molecule has 0 saturated carbocycles. The zero-order valence-electron chi connectivity index (χ0n) is 9.89. The van der Waals surface area contributed by atoms with Gasteiger partial charge in [0.05, 0.1) is 26.5 Å². The molecule has 0 aliphatic carbocycles. The average molecular weight is 239 g/mol. The van der Waals surface area contributed by atoms with E-state index in [1.807, 2.05) is 4.90 Å². The van der Waals surface area contributed by atoms with Crippen molar-refractivity contribution < 1.29 is 19.1 Å². The van der Waals surface area contributed by atoms with E-state index in [4.69, 9.17) is 9.52 Å². The number of methoxy groups -OCH3 is 1. The van der Waals surface area contributed by atoms with Gasteiger partial charge in [-0.2, -0.15) is 0 Å². The second-order valence-corrected chi connectivity index (χ2v) is 3.50. The van der Waals surface area contributed by atoms with Crippen LogP contribution in [0.5, 0.6) is 0 Å². The second kappa shape index (κ2) is 6.88. The fourth-order valence-corrected chi connectivity index (χ4v) is 1.52. The molecule has 0 radical (unpaired) electrons. The first-order valence-corrected chi connectivity index (χ1v) is 5.31. The Hall–Kier alpha value is -1.59. The summed E-state index contributed by atoms with van der Waals surface area (Å²) in [5, 5.41) is 8.92. The molecule has 0 aromatic carbocycles. The summed E-state index contributed by atoms with van der Waals surface area (Å²) in [6, 6.07) is 1.58. The number of ether oxygens (including phenoxy) is 1.